The van der Waals surface area contributed by atoms with Crippen molar-refractivity contribution in [2.45, 2.75) is 71.9 Å². The third-order valence-corrected chi connectivity index (χ3v) is 4.37. The maximum Gasteiger partial charge on any atom is 0.255 e. The van der Waals surface area contributed by atoms with Gasteiger partial charge in [0.15, 0.2) is 0 Å². The van der Waals surface area contributed by atoms with Crippen LogP contribution in [0.2, 0.25) is 0 Å². The molecule has 0 aliphatic heterocycles. The topological polar surface area (TPSA) is 67.2 Å². The molecule has 5 nitrogen and oxygen atoms in total. The van der Waals surface area contributed by atoms with Gasteiger partial charge in [-0.3, -0.25) is 9.48 Å². The standard InChI is InChI=1S/C17H29N3O2/c1-12-15(10-18-20(12)14-7-5-6-8-14)16(22)19-13(11-21)9-17(2,3)4/h10,13-14,21H,5-9,11H2,1-4H3,(H,19,22). The van der Waals surface area contributed by atoms with Crippen LogP contribution in [-0.2, 0) is 0 Å². The number of amides is 1. The summed E-state index contributed by atoms with van der Waals surface area (Å²) >= 11 is 0. The lowest BCUT2D eigenvalue weighted by Crippen LogP contribution is -2.40. The monoisotopic (exact) mass is 307 g/mol. The lowest BCUT2D eigenvalue weighted by Gasteiger charge is -2.25. The first-order chi connectivity index (χ1) is 10.3. The molecular formula is C17H29N3O2. The van der Waals surface area contributed by atoms with Gasteiger partial charge >= 0.3 is 0 Å². The molecule has 5 heteroatoms. The summed E-state index contributed by atoms with van der Waals surface area (Å²) in [6, 6.07) is 0.214. The van der Waals surface area contributed by atoms with Gasteiger partial charge in [-0.1, -0.05) is 33.6 Å². The summed E-state index contributed by atoms with van der Waals surface area (Å²) in [5.41, 5.74) is 1.61. The molecule has 1 aliphatic carbocycles. The van der Waals surface area contributed by atoms with Crippen molar-refractivity contribution >= 4 is 5.91 Å². The van der Waals surface area contributed by atoms with Crippen molar-refractivity contribution < 1.29 is 9.90 Å². The Bertz CT molecular complexity index is 510. The third kappa shape index (κ3) is 4.09. The number of aliphatic hydroxyl groups excluding tert-OH is 1. The highest BCUT2D eigenvalue weighted by molar-refractivity contribution is 5.95. The average molecular weight is 307 g/mol. The van der Waals surface area contributed by atoms with E-state index in [0.29, 0.717) is 11.6 Å². The van der Waals surface area contributed by atoms with Gasteiger partial charge in [0.05, 0.1) is 30.5 Å². The fourth-order valence-electron chi connectivity index (χ4n) is 3.33. The molecule has 0 spiro atoms. The summed E-state index contributed by atoms with van der Waals surface area (Å²) < 4.78 is 2.00. The normalized spacial score (nSPS) is 17.7. The smallest absolute Gasteiger partial charge is 0.255 e. The summed E-state index contributed by atoms with van der Waals surface area (Å²) in [7, 11) is 0. The van der Waals surface area contributed by atoms with Crippen LogP contribution in [0.3, 0.4) is 0 Å². The van der Waals surface area contributed by atoms with E-state index in [1.54, 1.807) is 6.20 Å². The number of nitrogens with one attached hydrogen (secondary N) is 1. The van der Waals surface area contributed by atoms with Gasteiger partial charge in [0, 0.05) is 5.69 Å². The quantitative estimate of drug-likeness (QED) is 0.879. The Labute approximate surface area is 133 Å². The summed E-state index contributed by atoms with van der Waals surface area (Å²) in [5.74, 6) is -0.134. The second-order valence-electron chi connectivity index (χ2n) is 7.64. The van der Waals surface area contributed by atoms with Crippen LogP contribution in [0.5, 0.6) is 0 Å². The minimum atomic E-state index is -0.221. The van der Waals surface area contributed by atoms with Gasteiger partial charge in [-0.15, -0.1) is 0 Å². The van der Waals surface area contributed by atoms with Crippen molar-refractivity contribution in [2.24, 2.45) is 5.41 Å². The van der Waals surface area contributed by atoms with E-state index in [4.69, 9.17) is 0 Å². The minimum Gasteiger partial charge on any atom is -0.394 e. The van der Waals surface area contributed by atoms with Gasteiger partial charge in [-0.05, 0) is 31.6 Å². The number of carbonyl (C=O) groups is 1. The van der Waals surface area contributed by atoms with Crippen molar-refractivity contribution in [3.05, 3.63) is 17.5 Å². The molecular weight excluding hydrogens is 278 g/mol. The Kier molecular flexibility index (Phi) is 5.27. The lowest BCUT2D eigenvalue weighted by atomic mass is 9.88. The molecule has 1 aromatic heterocycles. The van der Waals surface area contributed by atoms with E-state index in [-0.39, 0.29) is 24.0 Å². The molecule has 0 radical (unpaired) electrons. The van der Waals surface area contributed by atoms with Crippen LogP contribution in [0.25, 0.3) is 0 Å². The van der Waals surface area contributed by atoms with Crippen LogP contribution >= 0.6 is 0 Å². The van der Waals surface area contributed by atoms with Crippen LogP contribution in [-0.4, -0.2) is 33.4 Å². The molecule has 1 aliphatic rings. The molecule has 1 heterocycles. The number of aromatic nitrogens is 2. The molecule has 1 aromatic rings. The maximum atomic E-state index is 12.5. The van der Waals surface area contributed by atoms with E-state index in [1.807, 2.05) is 11.6 Å². The predicted octanol–water partition coefficient (Wildman–Crippen LogP) is 2.83. The van der Waals surface area contributed by atoms with Crippen LogP contribution in [0.15, 0.2) is 6.20 Å². The molecule has 1 saturated carbocycles. The second kappa shape index (κ2) is 6.82. The summed E-state index contributed by atoms with van der Waals surface area (Å²) in [6.45, 7) is 8.22. The molecule has 0 saturated heterocycles. The molecule has 1 fully saturated rings. The van der Waals surface area contributed by atoms with Crippen LogP contribution in [0, 0.1) is 12.3 Å². The molecule has 2 N–H and O–H groups in total. The molecule has 0 bridgehead atoms. The average Bonchev–Trinajstić information content (AvgIpc) is 3.05. The number of carbonyl (C=O) groups excluding carboxylic acids is 1. The van der Waals surface area contributed by atoms with Gasteiger partial charge in [0.1, 0.15) is 0 Å². The highest BCUT2D eigenvalue weighted by Gasteiger charge is 2.25. The van der Waals surface area contributed by atoms with Gasteiger partial charge in [-0.2, -0.15) is 5.10 Å². The molecule has 124 valence electrons. The highest BCUT2D eigenvalue weighted by Crippen LogP contribution is 2.30. The van der Waals surface area contributed by atoms with Crippen molar-refractivity contribution in [3.63, 3.8) is 0 Å². The fraction of sp³-hybridized carbons (Fsp3) is 0.765. The van der Waals surface area contributed by atoms with Crippen molar-refractivity contribution in [1.29, 1.82) is 0 Å². The third-order valence-electron chi connectivity index (χ3n) is 4.37. The van der Waals surface area contributed by atoms with Crippen LogP contribution < -0.4 is 5.32 Å². The first kappa shape index (κ1) is 17.0. The molecule has 1 amide bonds. The fourth-order valence-corrected chi connectivity index (χ4v) is 3.33. The van der Waals surface area contributed by atoms with E-state index < -0.39 is 0 Å². The highest BCUT2D eigenvalue weighted by atomic mass is 16.3. The zero-order chi connectivity index (χ0) is 16.3. The second-order valence-corrected chi connectivity index (χ2v) is 7.64. The molecule has 1 unspecified atom stereocenters. The largest absolute Gasteiger partial charge is 0.394 e. The Balaban J connectivity index is 2.06. The Hall–Kier alpha value is -1.36. The van der Waals surface area contributed by atoms with Gasteiger partial charge < -0.3 is 10.4 Å². The van der Waals surface area contributed by atoms with Gasteiger partial charge in [0.25, 0.3) is 5.91 Å². The van der Waals surface area contributed by atoms with E-state index in [2.05, 4.69) is 31.2 Å². The number of hydrogen-bond donors (Lipinski definition) is 2. The molecule has 22 heavy (non-hydrogen) atoms. The molecule has 2 rings (SSSR count). The van der Waals surface area contributed by atoms with Crippen molar-refractivity contribution in [2.75, 3.05) is 6.61 Å². The van der Waals surface area contributed by atoms with E-state index >= 15 is 0 Å². The Morgan fingerprint density at radius 3 is 2.64 bits per heavy atom. The van der Waals surface area contributed by atoms with Gasteiger partial charge in [0.2, 0.25) is 0 Å². The van der Waals surface area contributed by atoms with E-state index in [0.717, 1.165) is 25.0 Å². The zero-order valence-electron chi connectivity index (χ0n) is 14.2. The maximum absolute atomic E-state index is 12.5. The summed E-state index contributed by atoms with van der Waals surface area (Å²) in [5, 5.41) is 16.9. The lowest BCUT2D eigenvalue weighted by molar-refractivity contribution is 0.0897. The number of rotatable bonds is 5. The first-order valence-corrected chi connectivity index (χ1v) is 8.27. The van der Waals surface area contributed by atoms with Crippen LogP contribution in [0.4, 0.5) is 0 Å². The SMILES string of the molecule is Cc1c(C(=O)NC(CO)CC(C)(C)C)cnn1C1CCCC1. The summed E-state index contributed by atoms with van der Waals surface area (Å²) in [4.78, 5) is 12.5. The summed E-state index contributed by atoms with van der Waals surface area (Å²) in [6.07, 6.45) is 7.17. The van der Waals surface area contributed by atoms with Crippen LogP contribution in [0.1, 0.15) is 75.0 Å². The first-order valence-electron chi connectivity index (χ1n) is 8.27. The van der Waals surface area contributed by atoms with Crippen molar-refractivity contribution in [1.82, 2.24) is 15.1 Å². The minimum absolute atomic E-state index is 0.0428. The number of hydrogen-bond acceptors (Lipinski definition) is 3. The van der Waals surface area contributed by atoms with E-state index in [9.17, 15) is 9.90 Å². The number of aliphatic hydroxyl groups is 1. The Morgan fingerprint density at radius 1 is 1.45 bits per heavy atom. The molecule has 1 atom stereocenters. The molecule has 0 aromatic carbocycles. The number of nitrogens with zero attached hydrogens (tertiary/aromatic N) is 2. The predicted molar refractivity (Wildman–Crippen MR) is 86.9 cm³/mol. The van der Waals surface area contributed by atoms with Gasteiger partial charge in [-0.25, -0.2) is 0 Å². The van der Waals surface area contributed by atoms with E-state index in [1.165, 1.54) is 12.8 Å². The Morgan fingerprint density at radius 2 is 2.09 bits per heavy atom. The van der Waals surface area contributed by atoms with Crippen molar-refractivity contribution in [3.8, 4) is 0 Å². The zero-order valence-corrected chi connectivity index (χ0v) is 14.2.